The van der Waals surface area contributed by atoms with Crippen LogP contribution in [0.1, 0.15) is 13.8 Å². The summed E-state index contributed by atoms with van der Waals surface area (Å²) in [7, 11) is 0. The predicted octanol–water partition coefficient (Wildman–Crippen LogP) is -3.98. The van der Waals surface area contributed by atoms with Crippen LogP contribution < -0.4 is 10.6 Å². The average molecular weight is 430 g/mol. The molecule has 0 aromatic rings. The number of rotatable bonds is 12. The molecule has 0 bridgehead atoms. The number of hydrogen-bond donors (Lipinski definition) is 8. The number of aliphatic hydroxyl groups excluding tert-OH is 6. The summed E-state index contributed by atoms with van der Waals surface area (Å²) in [5.74, 6) is -2.37. The van der Waals surface area contributed by atoms with E-state index in [1.165, 1.54) is 6.07 Å². The maximum absolute atomic E-state index is 12.4. The second-order valence-electron chi connectivity index (χ2n) is 6.93. The van der Waals surface area contributed by atoms with Crippen LogP contribution in [0.4, 0.5) is 0 Å². The van der Waals surface area contributed by atoms with E-state index in [4.69, 9.17) is 6.57 Å². The summed E-state index contributed by atoms with van der Waals surface area (Å²) in [5, 5.41) is 76.2. The van der Waals surface area contributed by atoms with Gasteiger partial charge in [0, 0.05) is 6.92 Å². The van der Waals surface area contributed by atoms with Crippen molar-refractivity contribution < 1.29 is 40.2 Å². The van der Waals surface area contributed by atoms with Crippen LogP contribution in [-0.4, -0.2) is 104 Å². The Morgan fingerprint density at radius 3 is 1.53 bits per heavy atom. The molecule has 2 amide bonds. The molecule has 0 aromatic carbocycles. The molecule has 0 rings (SSSR count). The minimum atomic E-state index is -2.34. The normalized spacial score (nSPS) is 16.1. The number of azo groups is 1. The third kappa shape index (κ3) is 5.90. The molecule has 0 aliphatic heterocycles. The van der Waals surface area contributed by atoms with Crippen LogP contribution in [0.3, 0.4) is 0 Å². The van der Waals surface area contributed by atoms with E-state index in [-0.39, 0.29) is 0 Å². The minimum absolute atomic E-state index is 0.860. The van der Waals surface area contributed by atoms with Crippen molar-refractivity contribution in [2.24, 2.45) is 10.2 Å². The number of nitriles is 1. The first-order valence-electron chi connectivity index (χ1n) is 8.49. The number of carbonyl (C=O) groups is 2. The topological polar surface area (TPSA) is 232 Å². The SMILES string of the molecule is [C-]#[N+]C(C)(/N=N/C(C)(C#N)C(=O)NC(CO)(CO)CO)C(=O)NC(CO)(CO)CO. The molecule has 8 N–H and O–H groups in total. The van der Waals surface area contributed by atoms with Crippen molar-refractivity contribution in [1.82, 2.24) is 10.6 Å². The van der Waals surface area contributed by atoms with Crippen LogP contribution in [-0.2, 0) is 9.59 Å². The summed E-state index contributed by atoms with van der Waals surface area (Å²) in [6.45, 7) is 4.00. The van der Waals surface area contributed by atoms with Gasteiger partial charge >= 0.3 is 11.6 Å². The Morgan fingerprint density at radius 1 is 0.867 bits per heavy atom. The van der Waals surface area contributed by atoms with Crippen molar-refractivity contribution in [3.63, 3.8) is 0 Å². The van der Waals surface area contributed by atoms with Crippen LogP contribution in [0.5, 0.6) is 0 Å². The van der Waals surface area contributed by atoms with Gasteiger partial charge in [0.1, 0.15) is 17.1 Å². The molecule has 30 heavy (non-hydrogen) atoms. The van der Waals surface area contributed by atoms with Crippen molar-refractivity contribution in [3.05, 3.63) is 11.4 Å². The summed E-state index contributed by atoms with van der Waals surface area (Å²) in [4.78, 5) is 27.9. The largest absolute Gasteiger partial charge is 0.415 e. The van der Waals surface area contributed by atoms with Crippen molar-refractivity contribution in [2.45, 2.75) is 36.1 Å². The molecule has 0 aliphatic carbocycles. The highest BCUT2D eigenvalue weighted by atomic mass is 16.3. The molecule has 0 saturated heterocycles. The molecule has 14 heteroatoms. The van der Waals surface area contributed by atoms with E-state index in [1.54, 1.807) is 0 Å². The van der Waals surface area contributed by atoms with Crippen molar-refractivity contribution in [3.8, 4) is 6.07 Å². The molecular weight excluding hydrogens is 404 g/mol. The van der Waals surface area contributed by atoms with Crippen molar-refractivity contribution in [1.29, 1.82) is 5.26 Å². The standard InChI is InChI=1S/C16H26N6O8/c1-13(4-17,11(29)19-15(5-23,6-24)7-25)21-22-14(2,18-3)12(30)20-16(8-26,9-27)10-28/h23-28H,5-10H2,1-2H3,(H,19,29)(H,20,30)/b22-21+. The summed E-state index contributed by atoms with van der Waals surface area (Å²) in [5.41, 5.74) is -8.37. The zero-order valence-electron chi connectivity index (χ0n) is 16.5. The molecule has 0 saturated carbocycles. The molecular formula is C16H26N6O8. The first-order chi connectivity index (χ1) is 13.9. The number of nitrogens with zero attached hydrogens (tertiary/aromatic N) is 4. The Bertz CT molecular complexity index is 648. The van der Waals surface area contributed by atoms with Gasteiger partial charge < -0.3 is 41.3 Å². The lowest BCUT2D eigenvalue weighted by Crippen LogP contribution is -2.61. The highest BCUT2D eigenvalue weighted by Crippen LogP contribution is 2.20. The van der Waals surface area contributed by atoms with Gasteiger partial charge in [0.25, 0.3) is 5.91 Å². The molecule has 2 unspecified atom stereocenters. The van der Waals surface area contributed by atoms with Crippen LogP contribution in [0.25, 0.3) is 4.85 Å². The first-order valence-corrected chi connectivity index (χ1v) is 8.49. The highest BCUT2D eigenvalue weighted by molar-refractivity contribution is 5.90. The fraction of sp³-hybridized carbons (Fsp3) is 0.750. The zero-order chi connectivity index (χ0) is 23.6. The van der Waals surface area contributed by atoms with E-state index >= 15 is 0 Å². The number of amides is 2. The second-order valence-corrected chi connectivity index (χ2v) is 6.93. The van der Waals surface area contributed by atoms with Crippen molar-refractivity contribution in [2.75, 3.05) is 39.6 Å². The zero-order valence-corrected chi connectivity index (χ0v) is 16.5. The van der Waals surface area contributed by atoms with Gasteiger partial charge in [-0.05, 0) is 6.92 Å². The van der Waals surface area contributed by atoms with E-state index in [0.717, 1.165) is 13.8 Å². The maximum Gasteiger partial charge on any atom is 0.415 e. The molecule has 14 nitrogen and oxygen atoms in total. The van der Waals surface area contributed by atoms with Crippen LogP contribution in [0.2, 0.25) is 0 Å². The smallest absolute Gasteiger partial charge is 0.394 e. The van der Waals surface area contributed by atoms with Gasteiger partial charge in [-0.3, -0.25) is 14.4 Å². The summed E-state index contributed by atoms with van der Waals surface area (Å²) in [6, 6.07) is 1.52. The van der Waals surface area contributed by atoms with Crippen LogP contribution in [0.15, 0.2) is 10.2 Å². The fourth-order valence-corrected chi connectivity index (χ4v) is 1.69. The van der Waals surface area contributed by atoms with E-state index in [0.29, 0.717) is 0 Å². The van der Waals surface area contributed by atoms with Gasteiger partial charge in [0.05, 0.1) is 39.6 Å². The average Bonchev–Trinajstić information content (AvgIpc) is 2.78. The van der Waals surface area contributed by atoms with Gasteiger partial charge in [-0.15, -0.1) is 0 Å². The van der Waals surface area contributed by atoms with Gasteiger partial charge in [-0.1, -0.05) is 5.11 Å². The van der Waals surface area contributed by atoms with Gasteiger partial charge in [0.2, 0.25) is 5.54 Å². The molecule has 0 aromatic heterocycles. The summed E-state index contributed by atoms with van der Waals surface area (Å²) >= 11 is 0. The molecule has 0 radical (unpaired) electrons. The summed E-state index contributed by atoms with van der Waals surface area (Å²) < 4.78 is 0. The summed E-state index contributed by atoms with van der Waals surface area (Å²) in [6.07, 6.45) is 0. The second kappa shape index (κ2) is 10.9. The number of aliphatic hydroxyl groups is 6. The molecule has 0 spiro atoms. The van der Waals surface area contributed by atoms with Gasteiger partial charge in [0.15, 0.2) is 0 Å². The molecule has 0 aliphatic rings. The Balaban J connectivity index is 5.84. The fourth-order valence-electron chi connectivity index (χ4n) is 1.69. The van der Waals surface area contributed by atoms with Crippen molar-refractivity contribution >= 4 is 11.8 Å². The predicted molar refractivity (Wildman–Crippen MR) is 98.1 cm³/mol. The molecule has 2 atom stereocenters. The quantitative estimate of drug-likeness (QED) is 0.111. The Labute approximate surface area is 172 Å². The van der Waals surface area contributed by atoms with E-state index in [2.05, 4.69) is 25.7 Å². The highest BCUT2D eigenvalue weighted by Gasteiger charge is 2.47. The third-order valence-corrected chi connectivity index (χ3v) is 4.33. The Hall–Kier alpha value is -2.72. The molecule has 0 heterocycles. The van der Waals surface area contributed by atoms with E-state index in [1.807, 2.05) is 0 Å². The first kappa shape index (κ1) is 27.3. The third-order valence-electron chi connectivity index (χ3n) is 4.33. The van der Waals surface area contributed by atoms with Crippen LogP contribution in [0, 0.1) is 17.9 Å². The Kier molecular flexibility index (Phi) is 9.90. The van der Waals surface area contributed by atoms with Crippen LogP contribution >= 0.6 is 0 Å². The molecule has 168 valence electrons. The van der Waals surface area contributed by atoms with E-state index in [9.17, 15) is 45.5 Å². The molecule has 0 fully saturated rings. The number of nitrogens with one attached hydrogen (secondary N) is 2. The maximum atomic E-state index is 12.4. The Morgan fingerprint density at radius 2 is 1.23 bits per heavy atom. The van der Waals surface area contributed by atoms with E-state index < -0.39 is 73.7 Å². The minimum Gasteiger partial charge on any atom is -0.394 e. The lowest BCUT2D eigenvalue weighted by Gasteiger charge is -2.31. The number of hydrogen-bond acceptors (Lipinski definition) is 11. The number of carbonyl (C=O) groups excluding carboxylic acids is 2. The lowest BCUT2D eigenvalue weighted by molar-refractivity contribution is -0.130. The van der Waals surface area contributed by atoms with Gasteiger partial charge in [-0.25, -0.2) is 6.57 Å². The lowest BCUT2D eigenvalue weighted by atomic mass is 9.99. The monoisotopic (exact) mass is 430 g/mol. The van der Waals surface area contributed by atoms with Gasteiger partial charge in [-0.2, -0.15) is 10.4 Å².